The first-order chi connectivity index (χ1) is 12.3. The Bertz CT molecular complexity index is 1030. The first kappa shape index (κ1) is 14.9. The number of pyridine rings is 1. The Morgan fingerprint density at radius 2 is 2.04 bits per heavy atom. The third-order valence-corrected chi connectivity index (χ3v) is 3.53. The zero-order valence-corrected chi connectivity index (χ0v) is 13.5. The van der Waals surface area contributed by atoms with E-state index in [0.29, 0.717) is 29.0 Å². The van der Waals surface area contributed by atoms with Crippen molar-refractivity contribution in [2.24, 2.45) is 0 Å². The average molecular weight is 338 g/mol. The molecule has 0 radical (unpaired) electrons. The predicted molar refractivity (Wildman–Crippen MR) is 90.0 cm³/mol. The van der Waals surface area contributed by atoms with Crippen LogP contribution < -0.4 is 14.8 Å². The molecule has 3 aromatic heterocycles. The molecule has 0 saturated carbocycles. The van der Waals surface area contributed by atoms with Crippen molar-refractivity contribution in [2.45, 2.75) is 0 Å². The number of anilines is 2. The number of fused-ring (bicyclic) bond motifs is 1. The molecular formula is C16H14N6O3. The number of rotatable bonds is 5. The molecule has 0 aliphatic carbocycles. The van der Waals surface area contributed by atoms with E-state index < -0.39 is 0 Å². The largest absolute Gasteiger partial charge is 0.497 e. The van der Waals surface area contributed by atoms with Crippen LogP contribution in [0.1, 0.15) is 0 Å². The number of benzene rings is 1. The summed E-state index contributed by atoms with van der Waals surface area (Å²) in [6, 6.07) is 9.38. The monoisotopic (exact) mass is 338 g/mol. The molecule has 0 saturated heterocycles. The maximum Gasteiger partial charge on any atom is 0.322 e. The van der Waals surface area contributed by atoms with Gasteiger partial charge in [0.2, 0.25) is 17.7 Å². The van der Waals surface area contributed by atoms with E-state index in [9.17, 15) is 0 Å². The number of methoxy groups -OCH3 is 2. The minimum Gasteiger partial charge on any atom is -0.497 e. The summed E-state index contributed by atoms with van der Waals surface area (Å²) in [7, 11) is 3.15. The van der Waals surface area contributed by atoms with Crippen molar-refractivity contribution in [2.75, 3.05) is 19.5 Å². The van der Waals surface area contributed by atoms with Crippen molar-refractivity contribution >= 4 is 23.0 Å². The normalized spacial score (nSPS) is 10.8. The third-order valence-electron chi connectivity index (χ3n) is 3.53. The van der Waals surface area contributed by atoms with Crippen LogP contribution in [0.2, 0.25) is 0 Å². The van der Waals surface area contributed by atoms with Gasteiger partial charge in [-0.2, -0.15) is 0 Å². The van der Waals surface area contributed by atoms with E-state index in [2.05, 4.69) is 30.5 Å². The van der Waals surface area contributed by atoms with Gasteiger partial charge in [0, 0.05) is 11.8 Å². The second-order valence-electron chi connectivity index (χ2n) is 5.07. The van der Waals surface area contributed by atoms with E-state index in [1.54, 1.807) is 26.5 Å². The van der Waals surface area contributed by atoms with Crippen LogP contribution >= 0.6 is 0 Å². The number of nitrogens with zero attached hydrogens (tertiary/aromatic N) is 4. The zero-order valence-electron chi connectivity index (χ0n) is 13.5. The van der Waals surface area contributed by atoms with Gasteiger partial charge in [-0.3, -0.25) is 5.32 Å². The molecule has 0 amide bonds. The van der Waals surface area contributed by atoms with Gasteiger partial charge in [0.05, 0.1) is 19.7 Å². The number of nitrogens with one attached hydrogen (secondary N) is 2. The minimum atomic E-state index is 0.212. The molecule has 9 nitrogen and oxygen atoms in total. The quantitative estimate of drug-likeness (QED) is 0.571. The van der Waals surface area contributed by atoms with Crippen LogP contribution in [0.4, 0.5) is 12.0 Å². The lowest BCUT2D eigenvalue weighted by molar-refractivity contribution is 0.402. The number of hydrogen-bond donors (Lipinski definition) is 2. The lowest BCUT2D eigenvalue weighted by Gasteiger charge is -2.00. The second-order valence-corrected chi connectivity index (χ2v) is 5.07. The van der Waals surface area contributed by atoms with E-state index >= 15 is 0 Å². The number of H-pyrrole nitrogens is 1. The van der Waals surface area contributed by atoms with E-state index in [0.717, 1.165) is 11.1 Å². The summed E-state index contributed by atoms with van der Waals surface area (Å²) in [4.78, 5) is 11.6. The molecule has 2 N–H and O–H groups in total. The molecule has 3 heterocycles. The molecule has 9 heteroatoms. The van der Waals surface area contributed by atoms with E-state index in [4.69, 9.17) is 13.9 Å². The van der Waals surface area contributed by atoms with Gasteiger partial charge in [0.25, 0.3) is 0 Å². The summed E-state index contributed by atoms with van der Waals surface area (Å²) < 4.78 is 16.0. The molecular weight excluding hydrogens is 324 g/mol. The zero-order chi connectivity index (χ0) is 17.2. The van der Waals surface area contributed by atoms with Crippen LogP contribution in [-0.4, -0.2) is 39.4 Å². The topological polar surface area (TPSA) is 111 Å². The molecule has 0 unspecified atom stereocenters. The van der Waals surface area contributed by atoms with Gasteiger partial charge in [-0.05, 0) is 24.3 Å². The molecule has 4 aromatic rings. The van der Waals surface area contributed by atoms with Crippen molar-refractivity contribution < 1.29 is 13.9 Å². The fourth-order valence-electron chi connectivity index (χ4n) is 2.37. The number of ether oxygens (including phenoxy) is 2. The molecule has 1 aromatic carbocycles. The van der Waals surface area contributed by atoms with E-state index in [1.165, 1.54) is 0 Å². The van der Waals surface area contributed by atoms with Crippen LogP contribution in [0, 0.1) is 0 Å². The molecule has 126 valence electrons. The predicted octanol–water partition coefficient (Wildman–Crippen LogP) is 2.77. The maximum absolute atomic E-state index is 5.63. The summed E-state index contributed by atoms with van der Waals surface area (Å²) >= 11 is 0. The SMILES string of the molecule is COc1cccc(-c2nnc(Nc3nc4c(OC)nccc4[nH]3)o2)c1. The average Bonchev–Trinajstić information content (AvgIpc) is 3.28. The van der Waals surface area contributed by atoms with Gasteiger partial charge in [-0.15, -0.1) is 5.10 Å². The number of aromatic nitrogens is 5. The first-order valence-corrected chi connectivity index (χ1v) is 7.40. The third kappa shape index (κ3) is 2.82. The Kier molecular flexibility index (Phi) is 3.65. The van der Waals surface area contributed by atoms with Crippen LogP contribution in [0.3, 0.4) is 0 Å². The Hall–Kier alpha value is -3.62. The Morgan fingerprint density at radius 3 is 2.88 bits per heavy atom. The highest BCUT2D eigenvalue weighted by Crippen LogP contribution is 2.26. The van der Waals surface area contributed by atoms with Crippen LogP contribution in [0.15, 0.2) is 40.9 Å². The van der Waals surface area contributed by atoms with E-state index in [1.807, 2.05) is 24.3 Å². The molecule has 0 spiro atoms. The second kappa shape index (κ2) is 6.11. The van der Waals surface area contributed by atoms with Gasteiger partial charge in [0.15, 0.2) is 5.52 Å². The van der Waals surface area contributed by atoms with Crippen LogP contribution in [0.25, 0.3) is 22.5 Å². The lowest BCUT2D eigenvalue weighted by Crippen LogP contribution is -1.92. The molecule has 0 aliphatic rings. The van der Waals surface area contributed by atoms with Gasteiger partial charge < -0.3 is 18.9 Å². The molecule has 0 fully saturated rings. The molecule has 4 rings (SSSR count). The Balaban J connectivity index is 1.61. The van der Waals surface area contributed by atoms with Crippen molar-refractivity contribution in [3.63, 3.8) is 0 Å². The molecule has 0 bridgehead atoms. The number of imidazole rings is 1. The summed E-state index contributed by atoms with van der Waals surface area (Å²) in [6.45, 7) is 0. The van der Waals surface area contributed by atoms with Gasteiger partial charge >= 0.3 is 6.01 Å². The Morgan fingerprint density at radius 1 is 1.12 bits per heavy atom. The summed E-state index contributed by atoms with van der Waals surface area (Å²) in [5.41, 5.74) is 2.15. The smallest absolute Gasteiger partial charge is 0.322 e. The Labute approximate surface area is 142 Å². The van der Waals surface area contributed by atoms with Crippen molar-refractivity contribution in [3.05, 3.63) is 36.5 Å². The summed E-state index contributed by atoms with van der Waals surface area (Å²) in [5, 5.41) is 11.0. The van der Waals surface area contributed by atoms with Gasteiger partial charge in [-0.1, -0.05) is 11.2 Å². The molecule has 25 heavy (non-hydrogen) atoms. The standard InChI is InChI=1S/C16H14N6O3/c1-23-10-5-3-4-9(8-10)13-21-22-16(25-13)20-15-18-11-6-7-17-14(24-2)12(11)19-15/h3-8H,1-2H3,(H2,18,19,20,22). The van der Waals surface area contributed by atoms with Crippen molar-refractivity contribution in [3.8, 4) is 23.1 Å². The van der Waals surface area contributed by atoms with Crippen LogP contribution in [0.5, 0.6) is 11.6 Å². The maximum atomic E-state index is 5.63. The lowest BCUT2D eigenvalue weighted by atomic mass is 10.2. The van der Waals surface area contributed by atoms with Crippen LogP contribution in [-0.2, 0) is 0 Å². The van der Waals surface area contributed by atoms with Gasteiger partial charge in [0.1, 0.15) is 5.75 Å². The number of hydrogen-bond acceptors (Lipinski definition) is 8. The highest BCUT2D eigenvalue weighted by molar-refractivity contribution is 5.82. The number of aromatic amines is 1. The highest BCUT2D eigenvalue weighted by Gasteiger charge is 2.13. The first-order valence-electron chi connectivity index (χ1n) is 7.40. The summed E-state index contributed by atoms with van der Waals surface area (Å²) in [6.07, 6.45) is 1.64. The summed E-state index contributed by atoms with van der Waals surface area (Å²) in [5.74, 6) is 1.96. The van der Waals surface area contributed by atoms with Gasteiger partial charge in [-0.25, -0.2) is 9.97 Å². The van der Waals surface area contributed by atoms with Crippen molar-refractivity contribution in [1.82, 2.24) is 25.1 Å². The molecule has 0 aliphatic heterocycles. The fourth-order valence-corrected chi connectivity index (χ4v) is 2.37. The van der Waals surface area contributed by atoms with E-state index in [-0.39, 0.29) is 6.01 Å². The fraction of sp³-hybridized carbons (Fsp3) is 0.125. The van der Waals surface area contributed by atoms with Crippen molar-refractivity contribution in [1.29, 1.82) is 0 Å². The molecule has 0 atom stereocenters. The minimum absolute atomic E-state index is 0.212. The highest BCUT2D eigenvalue weighted by atomic mass is 16.5.